The molecule has 0 unspecified atom stereocenters. The van der Waals surface area contributed by atoms with E-state index in [4.69, 9.17) is 21.1 Å². The predicted octanol–water partition coefficient (Wildman–Crippen LogP) is 4.40. The first kappa shape index (κ1) is 17.0. The van der Waals surface area contributed by atoms with Gasteiger partial charge >= 0.3 is 5.97 Å². The molecule has 2 saturated heterocycles. The highest BCUT2D eigenvalue weighted by Crippen LogP contribution is 2.48. The van der Waals surface area contributed by atoms with Gasteiger partial charge in [-0.3, -0.25) is 0 Å². The van der Waals surface area contributed by atoms with Crippen molar-refractivity contribution in [2.75, 3.05) is 6.61 Å². The van der Waals surface area contributed by atoms with E-state index in [0.717, 1.165) is 6.42 Å². The van der Waals surface area contributed by atoms with Crippen LogP contribution in [0.5, 0.6) is 0 Å². The van der Waals surface area contributed by atoms with Crippen molar-refractivity contribution in [2.24, 2.45) is 5.92 Å². The van der Waals surface area contributed by atoms with Crippen molar-refractivity contribution in [1.29, 1.82) is 0 Å². The van der Waals surface area contributed by atoms with Crippen LogP contribution in [0, 0.1) is 5.92 Å². The van der Waals surface area contributed by atoms with Crippen molar-refractivity contribution in [1.82, 2.24) is 0 Å². The van der Waals surface area contributed by atoms with Gasteiger partial charge in [-0.1, -0.05) is 36.4 Å². The van der Waals surface area contributed by atoms with Gasteiger partial charge in [0.25, 0.3) is 0 Å². The van der Waals surface area contributed by atoms with Crippen LogP contribution in [0.25, 0.3) is 0 Å². The van der Waals surface area contributed by atoms with Gasteiger partial charge in [-0.25, -0.2) is 4.79 Å². The van der Waals surface area contributed by atoms with Crippen LogP contribution in [0.15, 0.2) is 65.6 Å². The third-order valence-electron chi connectivity index (χ3n) is 4.78. The number of benzene rings is 2. The lowest BCUT2D eigenvalue weighted by molar-refractivity contribution is 0.0348. The third-order valence-corrected chi connectivity index (χ3v) is 6.86. The van der Waals surface area contributed by atoms with Crippen molar-refractivity contribution in [3.63, 3.8) is 0 Å². The molecule has 0 radical (unpaired) electrons. The van der Waals surface area contributed by atoms with Crippen molar-refractivity contribution in [2.45, 2.75) is 34.2 Å². The fraction of sp³-hybridized carbons (Fsp3) is 0.350. The molecule has 130 valence electrons. The Bertz CT molecular complexity index is 724. The summed E-state index contributed by atoms with van der Waals surface area (Å²) in [6.45, 7) is 0.379. The second-order valence-corrected chi connectivity index (χ2v) is 8.19. The zero-order valence-electron chi connectivity index (χ0n) is 13.6. The lowest BCUT2D eigenvalue weighted by Gasteiger charge is -2.28. The molecule has 0 aliphatic carbocycles. The number of ether oxygens (including phenoxy) is 2. The van der Waals surface area contributed by atoms with E-state index >= 15 is 0 Å². The molecule has 0 saturated carbocycles. The standard InChI is InChI=1S/C20H19ClO3S/c21-17-16-11-14(12-23-20(22)13-7-3-1-4-8-13)18(24-16)19(17)25-15-9-5-2-6-10-15/h1-10,14,16-19H,11-12H2/t14-,16+,17-,18-,19+/m1/s1. The Hall–Kier alpha value is -1.49. The molecule has 0 aromatic heterocycles. The van der Waals surface area contributed by atoms with Gasteiger partial charge in [0.2, 0.25) is 0 Å². The topological polar surface area (TPSA) is 35.5 Å². The maximum Gasteiger partial charge on any atom is 0.338 e. The summed E-state index contributed by atoms with van der Waals surface area (Å²) in [6.07, 6.45) is 0.932. The smallest absolute Gasteiger partial charge is 0.338 e. The molecule has 0 spiro atoms. The van der Waals surface area contributed by atoms with Crippen molar-refractivity contribution in [3.8, 4) is 0 Å². The molecule has 0 amide bonds. The molecule has 2 fully saturated rings. The number of rotatable bonds is 5. The zero-order valence-corrected chi connectivity index (χ0v) is 15.2. The number of alkyl halides is 1. The van der Waals surface area contributed by atoms with Crippen LogP contribution < -0.4 is 0 Å². The molecular formula is C20H19ClO3S. The van der Waals surface area contributed by atoms with E-state index < -0.39 is 0 Å². The number of esters is 1. The molecular weight excluding hydrogens is 356 g/mol. The number of carbonyl (C=O) groups excluding carboxylic acids is 1. The summed E-state index contributed by atoms with van der Waals surface area (Å²) < 4.78 is 11.6. The molecule has 2 aliphatic rings. The second-order valence-electron chi connectivity index (χ2n) is 6.44. The number of hydrogen-bond donors (Lipinski definition) is 0. The van der Waals surface area contributed by atoms with Gasteiger partial charge in [0.05, 0.1) is 35.0 Å². The summed E-state index contributed by atoms with van der Waals surface area (Å²) in [5, 5.41) is 0.180. The first-order valence-electron chi connectivity index (χ1n) is 8.46. The van der Waals surface area contributed by atoms with Gasteiger partial charge in [-0.05, 0) is 30.7 Å². The molecule has 4 rings (SSSR count). The van der Waals surface area contributed by atoms with E-state index in [0.29, 0.717) is 12.2 Å². The molecule has 3 nitrogen and oxygen atoms in total. The van der Waals surface area contributed by atoms with Gasteiger partial charge in [-0.2, -0.15) is 0 Å². The first-order valence-corrected chi connectivity index (χ1v) is 9.77. The quantitative estimate of drug-likeness (QED) is 0.574. The summed E-state index contributed by atoms with van der Waals surface area (Å²) >= 11 is 8.35. The summed E-state index contributed by atoms with van der Waals surface area (Å²) in [4.78, 5) is 13.3. The fourth-order valence-electron chi connectivity index (χ4n) is 3.54. The van der Waals surface area contributed by atoms with Crippen molar-refractivity contribution < 1.29 is 14.3 Å². The van der Waals surface area contributed by atoms with E-state index in [1.165, 1.54) is 4.90 Å². The normalized spacial score (nSPS) is 30.4. The molecule has 2 bridgehead atoms. The summed E-state index contributed by atoms with van der Waals surface area (Å²) in [6, 6.07) is 19.3. The molecule has 5 heteroatoms. The average Bonchev–Trinajstić information content (AvgIpc) is 3.20. The Morgan fingerprint density at radius 2 is 1.80 bits per heavy atom. The first-order chi connectivity index (χ1) is 12.2. The van der Waals surface area contributed by atoms with Crippen LogP contribution in [0.2, 0.25) is 0 Å². The monoisotopic (exact) mass is 374 g/mol. The van der Waals surface area contributed by atoms with Gasteiger partial charge in [0, 0.05) is 10.8 Å². The van der Waals surface area contributed by atoms with E-state index in [1.54, 1.807) is 23.9 Å². The largest absolute Gasteiger partial charge is 0.462 e. The zero-order chi connectivity index (χ0) is 17.2. The average molecular weight is 375 g/mol. The van der Waals surface area contributed by atoms with Crippen molar-refractivity contribution in [3.05, 3.63) is 66.2 Å². The number of halogens is 1. The number of hydrogen-bond acceptors (Lipinski definition) is 4. The van der Waals surface area contributed by atoms with Crippen LogP contribution in [-0.4, -0.2) is 35.4 Å². The molecule has 5 atom stereocenters. The number of carbonyl (C=O) groups is 1. The lowest BCUT2D eigenvalue weighted by Crippen LogP contribution is -2.38. The fourth-order valence-corrected chi connectivity index (χ4v) is 5.35. The Morgan fingerprint density at radius 1 is 1.12 bits per heavy atom. The molecule has 2 aliphatic heterocycles. The number of fused-ring (bicyclic) bond motifs is 2. The SMILES string of the molecule is O=C(OC[C@H]1C[C@@H]2O[C@H]1[C@@H](Sc1ccccc1)[C@@H]2Cl)c1ccccc1. The second kappa shape index (κ2) is 7.40. The van der Waals surface area contributed by atoms with Gasteiger partial charge in [-0.15, -0.1) is 23.4 Å². The third kappa shape index (κ3) is 3.57. The minimum atomic E-state index is -0.280. The maximum atomic E-state index is 12.2. The Morgan fingerprint density at radius 3 is 2.48 bits per heavy atom. The van der Waals surface area contributed by atoms with Gasteiger partial charge in [0.1, 0.15) is 0 Å². The highest BCUT2D eigenvalue weighted by molar-refractivity contribution is 8.00. The van der Waals surface area contributed by atoms with E-state index in [9.17, 15) is 4.79 Å². The Kier molecular flexibility index (Phi) is 5.02. The Balaban J connectivity index is 1.38. The van der Waals surface area contributed by atoms with Crippen LogP contribution in [0.3, 0.4) is 0 Å². The van der Waals surface area contributed by atoms with Crippen LogP contribution in [0.4, 0.5) is 0 Å². The van der Waals surface area contributed by atoms with E-state index in [1.807, 2.05) is 36.4 Å². The van der Waals surface area contributed by atoms with Crippen LogP contribution >= 0.6 is 23.4 Å². The van der Waals surface area contributed by atoms with Crippen molar-refractivity contribution >= 4 is 29.3 Å². The lowest BCUT2D eigenvalue weighted by atomic mass is 9.89. The molecule has 2 heterocycles. The highest BCUT2D eigenvalue weighted by atomic mass is 35.5. The minimum absolute atomic E-state index is 0.00344. The molecule has 0 N–H and O–H groups in total. The van der Waals surface area contributed by atoms with Gasteiger partial charge in [0.15, 0.2) is 0 Å². The molecule has 2 aromatic rings. The van der Waals surface area contributed by atoms with E-state index in [2.05, 4.69) is 12.1 Å². The molecule has 25 heavy (non-hydrogen) atoms. The van der Waals surface area contributed by atoms with Crippen LogP contribution in [-0.2, 0) is 9.47 Å². The highest BCUT2D eigenvalue weighted by Gasteiger charge is 2.54. The molecule has 2 aromatic carbocycles. The maximum absolute atomic E-state index is 12.2. The summed E-state index contributed by atoms with van der Waals surface area (Å²) in [5.74, 6) is -0.0769. The van der Waals surface area contributed by atoms with Gasteiger partial charge < -0.3 is 9.47 Å². The summed E-state index contributed by atoms with van der Waals surface area (Å²) in [7, 11) is 0. The minimum Gasteiger partial charge on any atom is -0.462 e. The number of thioether (sulfide) groups is 1. The summed E-state index contributed by atoms with van der Waals surface area (Å²) in [5.41, 5.74) is 0.581. The Labute approximate surface area is 156 Å². The van der Waals surface area contributed by atoms with E-state index in [-0.39, 0.29) is 34.7 Å². The van der Waals surface area contributed by atoms with Crippen LogP contribution in [0.1, 0.15) is 16.8 Å². The predicted molar refractivity (Wildman–Crippen MR) is 99.2 cm³/mol.